The number of amides is 1. The fourth-order valence-corrected chi connectivity index (χ4v) is 3.07. The van der Waals surface area contributed by atoms with Gasteiger partial charge in [-0.3, -0.25) is 4.79 Å². The lowest BCUT2D eigenvalue weighted by Crippen LogP contribution is -2.24. The highest BCUT2D eigenvalue weighted by Gasteiger charge is 2.09. The zero-order valence-corrected chi connectivity index (χ0v) is 17.9. The Bertz CT molecular complexity index is 332. The quantitative estimate of drug-likeness (QED) is 0.299. The summed E-state index contributed by atoms with van der Waals surface area (Å²) in [5, 5.41) is 2.99. The summed E-state index contributed by atoms with van der Waals surface area (Å²) in [6.07, 6.45) is 9.18. The molecule has 6 heteroatoms. The van der Waals surface area contributed by atoms with E-state index in [0.717, 1.165) is 45.1 Å². The van der Waals surface area contributed by atoms with Gasteiger partial charge >= 0.3 is 8.60 Å². The summed E-state index contributed by atoms with van der Waals surface area (Å²) in [6.45, 7) is 11.8. The van der Waals surface area contributed by atoms with Crippen LogP contribution in [0.5, 0.6) is 0 Å². The van der Waals surface area contributed by atoms with Gasteiger partial charge in [0.2, 0.25) is 5.91 Å². The smallest absolute Gasteiger partial charge is 0.330 e. The first-order valence-corrected chi connectivity index (χ1v) is 10.9. The third kappa shape index (κ3) is 19.9. The molecule has 0 aliphatic rings. The van der Waals surface area contributed by atoms with Crippen LogP contribution in [-0.4, -0.2) is 30.1 Å². The predicted molar refractivity (Wildman–Crippen MR) is 105 cm³/mol. The van der Waals surface area contributed by atoms with E-state index in [1.165, 1.54) is 12.8 Å². The van der Waals surface area contributed by atoms with E-state index in [2.05, 4.69) is 26.1 Å². The first-order chi connectivity index (χ1) is 11.7. The molecule has 5 nitrogen and oxygen atoms in total. The van der Waals surface area contributed by atoms with Crippen molar-refractivity contribution in [1.82, 2.24) is 5.32 Å². The summed E-state index contributed by atoms with van der Waals surface area (Å²) in [4.78, 5) is 21.2. The van der Waals surface area contributed by atoms with Gasteiger partial charge in [0, 0.05) is 13.0 Å². The Morgan fingerprint density at radius 3 is 2.32 bits per heavy atom. The van der Waals surface area contributed by atoms with Gasteiger partial charge in [0.25, 0.3) is 0 Å². The van der Waals surface area contributed by atoms with Gasteiger partial charge in [0.15, 0.2) is 0 Å². The summed E-state index contributed by atoms with van der Waals surface area (Å²) in [7, 11) is -1.73. The van der Waals surface area contributed by atoms with Gasteiger partial charge in [-0.15, -0.1) is 0 Å². The van der Waals surface area contributed by atoms with Crippen molar-refractivity contribution in [3.05, 3.63) is 0 Å². The molecule has 0 aromatic heterocycles. The zero-order chi connectivity index (χ0) is 19.1. The first kappa shape index (κ1) is 24.8. The molecule has 0 heterocycles. The molecule has 0 aromatic carbocycles. The van der Waals surface area contributed by atoms with Crippen LogP contribution in [0.3, 0.4) is 0 Å². The number of hydrogen-bond acceptors (Lipinski definition) is 4. The van der Waals surface area contributed by atoms with Crippen molar-refractivity contribution in [3.63, 3.8) is 0 Å². The largest absolute Gasteiger partial charge is 0.356 e. The van der Waals surface area contributed by atoms with E-state index in [9.17, 15) is 9.69 Å². The zero-order valence-electron chi connectivity index (χ0n) is 17.0. The highest BCUT2D eigenvalue weighted by molar-refractivity contribution is 7.40. The van der Waals surface area contributed by atoms with Crippen molar-refractivity contribution in [2.75, 3.05) is 13.2 Å². The minimum Gasteiger partial charge on any atom is -0.356 e. The molecule has 25 heavy (non-hydrogen) atoms. The highest BCUT2D eigenvalue weighted by Crippen LogP contribution is 2.34. The maximum Gasteiger partial charge on any atom is 0.330 e. The predicted octanol–water partition coefficient (Wildman–Crippen LogP) is 5.32. The number of nitrogens with one attached hydrogen (secondary N) is 1. The van der Waals surface area contributed by atoms with Crippen molar-refractivity contribution in [3.8, 4) is 0 Å². The molecule has 0 aliphatic heterocycles. The van der Waals surface area contributed by atoms with Gasteiger partial charge in [-0.2, -0.15) is 0 Å². The molecule has 2 N–H and O–H groups in total. The van der Waals surface area contributed by atoms with Crippen LogP contribution in [0.25, 0.3) is 0 Å². The third-order valence-electron chi connectivity index (χ3n) is 3.73. The lowest BCUT2D eigenvalue weighted by atomic mass is 9.89. The SMILES string of the molecule is CC(C)OP(O)OCCCCCCNC(=O)CCCCCC(C)(C)C. The Morgan fingerprint density at radius 1 is 1.04 bits per heavy atom. The molecule has 0 saturated carbocycles. The average Bonchev–Trinajstić information content (AvgIpc) is 2.47. The van der Waals surface area contributed by atoms with Gasteiger partial charge in [0.05, 0.1) is 12.7 Å². The average molecular weight is 378 g/mol. The normalized spacial score (nSPS) is 13.2. The van der Waals surface area contributed by atoms with Crippen LogP contribution >= 0.6 is 8.60 Å². The molecule has 0 aromatic rings. The maximum atomic E-state index is 11.7. The van der Waals surface area contributed by atoms with Crippen LogP contribution in [0.2, 0.25) is 0 Å². The Morgan fingerprint density at radius 2 is 1.68 bits per heavy atom. The lowest BCUT2D eigenvalue weighted by molar-refractivity contribution is -0.121. The van der Waals surface area contributed by atoms with Gasteiger partial charge in [-0.25, -0.2) is 0 Å². The van der Waals surface area contributed by atoms with Crippen LogP contribution in [-0.2, 0) is 13.8 Å². The van der Waals surface area contributed by atoms with E-state index in [-0.39, 0.29) is 12.0 Å². The van der Waals surface area contributed by atoms with Crippen molar-refractivity contribution >= 4 is 14.5 Å². The molecular formula is C19H40NO4P. The highest BCUT2D eigenvalue weighted by atomic mass is 31.2. The number of hydrogen-bond donors (Lipinski definition) is 2. The molecule has 0 rings (SSSR count). The number of carbonyl (C=O) groups is 1. The van der Waals surface area contributed by atoms with Crippen molar-refractivity contribution in [1.29, 1.82) is 0 Å². The molecule has 0 radical (unpaired) electrons. The Balaban J connectivity index is 3.32. The van der Waals surface area contributed by atoms with Crippen LogP contribution in [0.1, 0.15) is 92.4 Å². The Kier molecular flexibility index (Phi) is 14.8. The topological polar surface area (TPSA) is 67.8 Å². The van der Waals surface area contributed by atoms with E-state index in [1.807, 2.05) is 13.8 Å². The minimum absolute atomic E-state index is 0.0155. The fourth-order valence-electron chi connectivity index (χ4n) is 2.37. The lowest BCUT2D eigenvalue weighted by Gasteiger charge is -2.17. The summed E-state index contributed by atoms with van der Waals surface area (Å²) in [5.41, 5.74) is 0.397. The standard InChI is InChI=1S/C19H40NO4P/c1-17(2)24-25(22)23-16-12-7-6-11-15-20-18(21)13-9-8-10-14-19(3,4)5/h17,22H,6-16H2,1-5H3,(H,20,21). The molecule has 0 saturated heterocycles. The number of rotatable bonds is 15. The van der Waals surface area contributed by atoms with Crippen molar-refractivity contribution in [2.45, 2.75) is 98.5 Å². The van der Waals surface area contributed by atoms with E-state index >= 15 is 0 Å². The minimum atomic E-state index is -1.73. The van der Waals surface area contributed by atoms with Crippen molar-refractivity contribution in [2.24, 2.45) is 5.41 Å². The third-order valence-corrected chi connectivity index (χ3v) is 4.73. The number of carbonyl (C=O) groups excluding carboxylic acids is 1. The van der Waals surface area contributed by atoms with Gasteiger partial charge in [0.1, 0.15) is 0 Å². The van der Waals surface area contributed by atoms with E-state index in [4.69, 9.17) is 9.05 Å². The number of unbranched alkanes of at least 4 members (excludes halogenated alkanes) is 5. The van der Waals surface area contributed by atoms with Crippen molar-refractivity contribution < 1.29 is 18.7 Å². The summed E-state index contributed by atoms with van der Waals surface area (Å²) < 4.78 is 10.3. The molecule has 0 spiro atoms. The molecule has 1 atom stereocenters. The first-order valence-electron chi connectivity index (χ1n) is 9.76. The van der Waals surface area contributed by atoms with E-state index in [1.54, 1.807) is 0 Å². The van der Waals surface area contributed by atoms with Crippen LogP contribution < -0.4 is 5.32 Å². The van der Waals surface area contributed by atoms with Gasteiger partial charge in [-0.1, -0.05) is 46.5 Å². The molecule has 0 bridgehead atoms. The molecule has 150 valence electrons. The van der Waals surface area contributed by atoms with Crippen LogP contribution in [0.15, 0.2) is 0 Å². The van der Waals surface area contributed by atoms with Gasteiger partial charge < -0.3 is 19.3 Å². The van der Waals surface area contributed by atoms with Gasteiger partial charge in [-0.05, 0) is 44.9 Å². The monoisotopic (exact) mass is 377 g/mol. The summed E-state index contributed by atoms with van der Waals surface area (Å²) in [6, 6.07) is 0. The molecule has 1 unspecified atom stereocenters. The van der Waals surface area contributed by atoms with E-state index in [0.29, 0.717) is 18.4 Å². The Hall–Kier alpha value is -0.220. The fraction of sp³-hybridized carbons (Fsp3) is 0.947. The van der Waals surface area contributed by atoms with Crippen LogP contribution in [0.4, 0.5) is 0 Å². The van der Waals surface area contributed by atoms with E-state index < -0.39 is 8.60 Å². The summed E-state index contributed by atoms with van der Waals surface area (Å²) in [5.74, 6) is 0.177. The molecule has 1 amide bonds. The summed E-state index contributed by atoms with van der Waals surface area (Å²) >= 11 is 0. The molecule has 0 fully saturated rings. The maximum absolute atomic E-state index is 11.7. The molecular weight excluding hydrogens is 337 g/mol. The second kappa shape index (κ2) is 14.9. The Labute approximate surface area is 156 Å². The molecule has 0 aliphatic carbocycles. The second-order valence-corrected chi connectivity index (χ2v) is 9.06. The van der Waals surface area contributed by atoms with Crippen LogP contribution in [0, 0.1) is 5.41 Å². The second-order valence-electron chi connectivity index (χ2n) is 8.11.